The quantitative estimate of drug-likeness (QED) is 0.443. The molecule has 1 atom stereocenters. The molecular weight excluding hydrogens is 442 g/mol. The SMILES string of the molecule is CC(C)c1cnn2c(N[C@@H]3CCc4c(c5ccccc5n4C(=O)O)C3)nc(N3CCCCC3)nc12. The van der Waals surface area contributed by atoms with Gasteiger partial charge >= 0.3 is 6.09 Å². The van der Waals surface area contributed by atoms with Gasteiger partial charge in [-0.25, -0.2) is 9.36 Å². The van der Waals surface area contributed by atoms with Crippen molar-refractivity contribution in [1.82, 2.24) is 24.1 Å². The second-order valence-corrected chi connectivity index (χ2v) is 10.0. The van der Waals surface area contributed by atoms with Crippen molar-refractivity contribution >= 4 is 34.5 Å². The maximum Gasteiger partial charge on any atom is 0.416 e. The fourth-order valence-corrected chi connectivity index (χ4v) is 5.65. The Kier molecular flexibility index (Phi) is 5.35. The highest BCUT2D eigenvalue weighted by atomic mass is 16.4. The maximum atomic E-state index is 12.0. The van der Waals surface area contributed by atoms with Gasteiger partial charge in [0.15, 0.2) is 5.65 Å². The largest absolute Gasteiger partial charge is 0.464 e. The monoisotopic (exact) mass is 473 g/mol. The Balaban J connectivity index is 1.38. The third kappa shape index (κ3) is 3.69. The first-order chi connectivity index (χ1) is 17.0. The highest BCUT2D eigenvalue weighted by Crippen LogP contribution is 2.33. The molecule has 0 amide bonds. The van der Waals surface area contributed by atoms with Gasteiger partial charge in [0, 0.05) is 35.8 Å². The molecular formula is C26H31N7O2. The van der Waals surface area contributed by atoms with Crippen molar-refractivity contribution in [2.45, 2.75) is 64.3 Å². The van der Waals surface area contributed by atoms with Gasteiger partial charge in [0.2, 0.25) is 11.9 Å². The molecule has 0 spiro atoms. The lowest BCUT2D eigenvalue weighted by molar-refractivity contribution is 0.196. The van der Waals surface area contributed by atoms with Crippen molar-refractivity contribution in [1.29, 1.82) is 0 Å². The molecule has 6 rings (SSSR count). The molecule has 0 unspecified atom stereocenters. The van der Waals surface area contributed by atoms with Crippen LogP contribution in [-0.2, 0) is 12.8 Å². The molecule has 2 aliphatic rings. The van der Waals surface area contributed by atoms with E-state index in [0.717, 1.165) is 78.1 Å². The molecule has 9 nitrogen and oxygen atoms in total. The third-order valence-electron chi connectivity index (χ3n) is 7.44. The molecule has 0 bridgehead atoms. The summed E-state index contributed by atoms with van der Waals surface area (Å²) in [7, 11) is 0. The molecule has 9 heteroatoms. The van der Waals surface area contributed by atoms with Gasteiger partial charge in [-0.05, 0) is 56.1 Å². The highest BCUT2D eigenvalue weighted by Gasteiger charge is 2.29. The lowest BCUT2D eigenvalue weighted by atomic mass is 9.91. The van der Waals surface area contributed by atoms with Crippen LogP contribution in [0.3, 0.4) is 0 Å². The van der Waals surface area contributed by atoms with Gasteiger partial charge < -0.3 is 15.3 Å². The minimum absolute atomic E-state index is 0.120. The van der Waals surface area contributed by atoms with E-state index in [1.807, 2.05) is 35.0 Å². The summed E-state index contributed by atoms with van der Waals surface area (Å²) in [6, 6.07) is 7.90. The number of fused-ring (bicyclic) bond motifs is 4. The summed E-state index contributed by atoms with van der Waals surface area (Å²) in [5.74, 6) is 1.78. The molecule has 1 fully saturated rings. The van der Waals surface area contributed by atoms with Gasteiger partial charge in [-0.15, -0.1) is 0 Å². The average Bonchev–Trinajstić information content (AvgIpc) is 3.44. The summed E-state index contributed by atoms with van der Waals surface area (Å²) in [6.07, 6.45) is 6.80. The van der Waals surface area contributed by atoms with Crippen LogP contribution in [0.15, 0.2) is 30.5 Å². The molecule has 0 saturated carbocycles. The molecule has 4 heterocycles. The van der Waals surface area contributed by atoms with Crippen molar-refractivity contribution in [3.05, 3.63) is 47.3 Å². The van der Waals surface area contributed by atoms with E-state index in [2.05, 4.69) is 29.2 Å². The van der Waals surface area contributed by atoms with Crippen LogP contribution in [0, 0.1) is 0 Å². The maximum absolute atomic E-state index is 12.0. The number of rotatable bonds is 4. The number of hydrogen-bond acceptors (Lipinski definition) is 6. The lowest BCUT2D eigenvalue weighted by Crippen LogP contribution is -2.33. The zero-order valence-corrected chi connectivity index (χ0v) is 20.2. The number of nitrogens with zero attached hydrogens (tertiary/aromatic N) is 6. The number of piperidine rings is 1. The van der Waals surface area contributed by atoms with Crippen LogP contribution in [0.25, 0.3) is 16.6 Å². The molecule has 35 heavy (non-hydrogen) atoms. The van der Waals surface area contributed by atoms with E-state index in [9.17, 15) is 9.90 Å². The average molecular weight is 474 g/mol. The van der Waals surface area contributed by atoms with Crippen molar-refractivity contribution < 1.29 is 9.90 Å². The molecule has 4 aromatic rings. The second kappa shape index (κ2) is 8.55. The van der Waals surface area contributed by atoms with Crippen molar-refractivity contribution in [3.63, 3.8) is 0 Å². The predicted molar refractivity (Wildman–Crippen MR) is 136 cm³/mol. The fraction of sp³-hybridized carbons (Fsp3) is 0.462. The molecule has 1 aromatic carbocycles. The summed E-state index contributed by atoms with van der Waals surface area (Å²) >= 11 is 0. The Labute approximate surface area is 203 Å². The first kappa shape index (κ1) is 21.9. The van der Waals surface area contributed by atoms with Crippen molar-refractivity contribution in [2.75, 3.05) is 23.3 Å². The van der Waals surface area contributed by atoms with E-state index in [1.165, 1.54) is 11.0 Å². The Hall–Kier alpha value is -3.62. The Morgan fingerprint density at radius 1 is 1.14 bits per heavy atom. The molecule has 0 radical (unpaired) electrons. The minimum Gasteiger partial charge on any atom is -0.464 e. The third-order valence-corrected chi connectivity index (χ3v) is 7.44. The van der Waals surface area contributed by atoms with Crippen molar-refractivity contribution in [2.24, 2.45) is 0 Å². The molecule has 2 N–H and O–H groups in total. The number of carbonyl (C=O) groups is 1. The smallest absolute Gasteiger partial charge is 0.416 e. The first-order valence-corrected chi connectivity index (χ1v) is 12.6. The molecule has 1 saturated heterocycles. The standard InChI is InChI=1S/C26H31N7O2/c1-16(2)20-15-27-33-23(20)29-24(31-12-6-3-7-13-31)30-25(33)28-17-10-11-22-19(14-17)18-8-4-5-9-21(18)32(22)26(34)35/h4-5,8-9,15-17H,3,6-7,10-14H2,1-2H3,(H,34,35)(H,28,29,30)/t17-/m1/s1. The van der Waals surface area contributed by atoms with Crippen LogP contribution in [0.5, 0.6) is 0 Å². The number of carboxylic acid groups (broad SMARTS) is 1. The summed E-state index contributed by atoms with van der Waals surface area (Å²) in [5, 5.41) is 19.2. The second-order valence-electron chi connectivity index (χ2n) is 10.0. The topological polar surface area (TPSA) is 101 Å². The summed E-state index contributed by atoms with van der Waals surface area (Å²) < 4.78 is 3.29. The summed E-state index contributed by atoms with van der Waals surface area (Å²) in [5.41, 5.74) is 4.74. The van der Waals surface area contributed by atoms with Crippen LogP contribution >= 0.6 is 0 Å². The molecule has 182 valence electrons. The Morgan fingerprint density at radius 2 is 1.94 bits per heavy atom. The van der Waals surface area contributed by atoms with Gasteiger partial charge in [-0.2, -0.15) is 19.6 Å². The van der Waals surface area contributed by atoms with Gasteiger partial charge in [0.05, 0.1) is 11.7 Å². The number of hydrogen-bond donors (Lipinski definition) is 2. The number of aromatic nitrogens is 5. The zero-order chi connectivity index (χ0) is 24.1. The normalized spacial score (nSPS) is 18.4. The van der Waals surface area contributed by atoms with E-state index in [1.54, 1.807) is 0 Å². The molecule has 3 aromatic heterocycles. The van der Waals surface area contributed by atoms with Gasteiger partial charge in [0.1, 0.15) is 0 Å². The van der Waals surface area contributed by atoms with E-state index in [4.69, 9.17) is 9.97 Å². The van der Waals surface area contributed by atoms with Gasteiger partial charge in [-0.1, -0.05) is 32.0 Å². The van der Waals surface area contributed by atoms with E-state index in [-0.39, 0.29) is 6.04 Å². The molecule has 1 aliphatic heterocycles. The number of anilines is 2. The van der Waals surface area contributed by atoms with Crippen LogP contribution in [-0.4, -0.2) is 54.5 Å². The summed E-state index contributed by atoms with van der Waals surface area (Å²) in [6.45, 7) is 6.27. The number of para-hydroxylation sites is 1. The van der Waals surface area contributed by atoms with E-state index in [0.29, 0.717) is 18.3 Å². The predicted octanol–water partition coefficient (Wildman–Crippen LogP) is 4.69. The number of nitrogens with one attached hydrogen (secondary N) is 1. The lowest BCUT2D eigenvalue weighted by Gasteiger charge is -2.28. The number of benzene rings is 1. The highest BCUT2D eigenvalue weighted by molar-refractivity contribution is 5.93. The van der Waals surface area contributed by atoms with Gasteiger partial charge in [0.25, 0.3) is 0 Å². The van der Waals surface area contributed by atoms with Gasteiger partial charge in [-0.3, -0.25) is 0 Å². The Morgan fingerprint density at radius 3 is 2.71 bits per heavy atom. The van der Waals surface area contributed by atoms with E-state index < -0.39 is 6.09 Å². The fourth-order valence-electron chi connectivity index (χ4n) is 5.65. The first-order valence-electron chi connectivity index (χ1n) is 12.6. The van der Waals surface area contributed by atoms with Crippen LogP contribution in [0.1, 0.15) is 62.3 Å². The zero-order valence-electron chi connectivity index (χ0n) is 20.2. The molecule has 1 aliphatic carbocycles. The van der Waals surface area contributed by atoms with E-state index >= 15 is 0 Å². The van der Waals surface area contributed by atoms with Crippen LogP contribution in [0.4, 0.5) is 16.7 Å². The van der Waals surface area contributed by atoms with Crippen LogP contribution in [0.2, 0.25) is 0 Å². The Bertz CT molecular complexity index is 1410. The summed E-state index contributed by atoms with van der Waals surface area (Å²) in [4.78, 5) is 24.2. The van der Waals surface area contributed by atoms with Crippen molar-refractivity contribution in [3.8, 4) is 0 Å². The van der Waals surface area contributed by atoms with Crippen LogP contribution < -0.4 is 10.2 Å². The minimum atomic E-state index is -0.921.